The number of aliphatic hydroxyl groups is 2. The van der Waals surface area contributed by atoms with Crippen molar-refractivity contribution in [2.75, 3.05) is 17.3 Å². The van der Waals surface area contributed by atoms with Crippen LogP contribution in [0.4, 0.5) is 11.8 Å². The van der Waals surface area contributed by atoms with Gasteiger partial charge < -0.3 is 20.4 Å². The maximum atomic E-state index is 11.1. The third-order valence-corrected chi connectivity index (χ3v) is 5.96. The van der Waals surface area contributed by atoms with E-state index in [2.05, 4.69) is 19.5 Å². The van der Waals surface area contributed by atoms with Gasteiger partial charge in [0.05, 0.1) is 6.04 Å². The summed E-state index contributed by atoms with van der Waals surface area (Å²) in [7, 11) is -2.32. The molecule has 0 amide bonds. The fraction of sp³-hybridized carbons (Fsp3) is 0.444. The van der Waals surface area contributed by atoms with Crippen LogP contribution in [0.2, 0.25) is 0 Å². The fourth-order valence-corrected chi connectivity index (χ4v) is 4.59. The molecule has 1 unspecified atom stereocenters. The van der Waals surface area contributed by atoms with Crippen LogP contribution in [0.3, 0.4) is 0 Å². The van der Waals surface area contributed by atoms with Crippen LogP contribution in [0.25, 0.3) is 0 Å². The molecule has 2 aliphatic rings. The lowest BCUT2D eigenvalue weighted by Crippen LogP contribution is -2.43. The molecular formula is C18H23N5O5S. The highest BCUT2D eigenvalue weighted by Gasteiger charge is 2.76. The zero-order chi connectivity index (χ0) is 20.8. The third-order valence-electron chi connectivity index (χ3n) is 5.49. The SMILES string of the molecule is CN(Cc1ccccc1)c1nccc(N[C@@H]2C[C@@H]3C(OS(N)(=O)=O)[C@]3(O)[C@H]2O)n1. The summed E-state index contributed by atoms with van der Waals surface area (Å²) in [5, 5.41) is 29.0. The van der Waals surface area contributed by atoms with Gasteiger partial charge in [-0.25, -0.2) is 10.1 Å². The zero-order valence-electron chi connectivity index (χ0n) is 15.7. The lowest BCUT2D eigenvalue weighted by atomic mass is 10.1. The third kappa shape index (κ3) is 3.91. The molecule has 0 aliphatic heterocycles. The Morgan fingerprint density at radius 2 is 2.07 bits per heavy atom. The molecule has 0 radical (unpaired) electrons. The smallest absolute Gasteiger partial charge is 0.333 e. The molecular weight excluding hydrogens is 398 g/mol. The number of nitrogens with one attached hydrogen (secondary N) is 1. The van der Waals surface area contributed by atoms with Gasteiger partial charge in [-0.1, -0.05) is 30.3 Å². The lowest BCUT2D eigenvalue weighted by Gasteiger charge is -2.25. The first kappa shape index (κ1) is 20.0. The van der Waals surface area contributed by atoms with Crippen molar-refractivity contribution in [3.8, 4) is 0 Å². The van der Waals surface area contributed by atoms with Crippen molar-refractivity contribution in [1.82, 2.24) is 9.97 Å². The molecule has 0 bridgehead atoms. The van der Waals surface area contributed by atoms with Crippen LogP contribution in [0.1, 0.15) is 12.0 Å². The monoisotopic (exact) mass is 421 g/mol. The van der Waals surface area contributed by atoms with Crippen LogP contribution in [-0.4, -0.2) is 59.5 Å². The Balaban J connectivity index is 1.41. The van der Waals surface area contributed by atoms with E-state index in [1.165, 1.54) is 0 Å². The molecule has 1 heterocycles. The van der Waals surface area contributed by atoms with Crippen molar-refractivity contribution in [3.63, 3.8) is 0 Å². The number of nitrogens with two attached hydrogens (primary N) is 1. The predicted molar refractivity (Wildman–Crippen MR) is 105 cm³/mol. The van der Waals surface area contributed by atoms with Gasteiger partial charge in [0, 0.05) is 25.7 Å². The second kappa shape index (κ2) is 7.18. The van der Waals surface area contributed by atoms with Crippen LogP contribution in [0.15, 0.2) is 42.6 Å². The molecule has 2 fully saturated rings. The number of aliphatic hydroxyl groups excluding tert-OH is 1. The Bertz CT molecular complexity index is 991. The van der Waals surface area contributed by atoms with Crippen molar-refractivity contribution < 1.29 is 22.8 Å². The summed E-state index contributed by atoms with van der Waals surface area (Å²) in [5.41, 5.74) is -0.518. The van der Waals surface area contributed by atoms with Crippen molar-refractivity contribution in [3.05, 3.63) is 48.2 Å². The molecule has 1 aromatic carbocycles. The first-order valence-electron chi connectivity index (χ1n) is 9.14. The van der Waals surface area contributed by atoms with Gasteiger partial charge in [0.2, 0.25) is 5.95 Å². The van der Waals surface area contributed by atoms with Gasteiger partial charge in [0.15, 0.2) is 0 Å². The summed E-state index contributed by atoms with van der Waals surface area (Å²) in [5.74, 6) is 0.480. The Labute approximate surface area is 168 Å². The number of nitrogens with zero attached hydrogens (tertiary/aromatic N) is 3. The van der Waals surface area contributed by atoms with Gasteiger partial charge in [0.1, 0.15) is 23.6 Å². The number of hydrogen-bond donors (Lipinski definition) is 4. The topological polar surface area (TPSA) is 151 Å². The van der Waals surface area contributed by atoms with Gasteiger partial charge in [-0.3, -0.25) is 4.18 Å². The molecule has 29 heavy (non-hydrogen) atoms. The summed E-state index contributed by atoms with van der Waals surface area (Å²) >= 11 is 0. The summed E-state index contributed by atoms with van der Waals surface area (Å²) in [6.45, 7) is 0.630. The molecule has 5 N–H and O–H groups in total. The summed E-state index contributed by atoms with van der Waals surface area (Å²) in [4.78, 5) is 10.6. The standard InChI is InChI=1S/C18H23N5O5S/c1-23(10-11-5-3-2-4-6-11)17-20-8-7-14(22-17)21-13-9-12-16(28-29(19,26)27)18(12,25)15(13)24/h2-8,12-13,15-16,24-25H,9-10H2,1H3,(H2,19,26,27)(H,20,21,22)/t12-,13-,15+,16?,18-/m1/s1. The van der Waals surface area contributed by atoms with Crippen LogP contribution in [0, 0.1) is 5.92 Å². The van der Waals surface area contributed by atoms with Gasteiger partial charge in [0.25, 0.3) is 0 Å². The number of benzene rings is 1. The number of hydrogen-bond acceptors (Lipinski definition) is 9. The van der Waals surface area contributed by atoms with E-state index < -0.39 is 40.1 Å². The fourth-order valence-electron chi connectivity index (χ4n) is 4.01. The lowest BCUT2D eigenvalue weighted by molar-refractivity contribution is -0.0205. The Hall–Kier alpha value is -2.31. The summed E-state index contributed by atoms with van der Waals surface area (Å²) in [6, 6.07) is 11.1. The molecule has 156 valence electrons. The van der Waals surface area contributed by atoms with Crippen LogP contribution in [0.5, 0.6) is 0 Å². The zero-order valence-corrected chi connectivity index (χ0v) is 16.5. The molecule has 1 aromatic heterocycles. The average Bonchev–Trinajstić information content (AvgIpc) is 3.11. The second-order valence-electron chi connectivity index (χ2n) is 7.52. The molecule has 10 nitrogen and oxygen atoms in total. The van der Waals surface area contributed by atoms with E-state index in [0.29, 0.717) is 24.7 Å². The van der Waals surface area contributed by atoms with Crippen molar-refractivity contribution in [2.45, 2.75) is 36.8 Å². The number of rotatable bonds is 7. The molecule has 2 saturated carbocycles. The van der Waals surface area contributed by atoms with Gasteiger partial charge >= 0.3 is 10.3 Å². The summed E-state index contributed by atoms with van der Waals surface area (Å²) < 4.78 is 26.9. The molecule has 2 aliphatic carbocycles. The maximum Gasteiger partial charge on any atom is 0.333 e. The van der Waals surface area contributed by atoms with E-state index in [9.17, 15) is 18.6 Å². The Morgan fingerprint density at radius 3 is 2.69 bits per heavy atom. The number of anilines is 2. The first-order valence-corrected chi connectivity index (χ1v) is 10.6. The highest BCUT2D eigenvalue weighted by atomic mass is 32.2. The highest BCUT2D eigenvalue weighted by Crippen LogP contribution is 2.58. The Kier molecular flexibility index (Phi) is 4.95. The molecule has 11 heteroatoms. The van der Waals surface area contributed by atoms with Crippen molar-refractivity contribution in [1.29, 1.82) is 0 Å². The van der Waals surface area contributed by atoms with Crippen LogP contribution < -0.4 is 15.4 Å². The van der Waals surface area contributed by atoms with E-state index in [0.717, 1.165) is 5.56 Å². The highest BCUT2D eigenvalue weighted by molar-refractivity contribution is 7.84. The molecule has 0 saturated heterocycles. The maximum absolute atomic E-state index is 11.1. The molecule has 2 aromatic rings. The second-order valence-corrected chi connectivity index (χ2v) is 8.70. The van der Waals surface area contributed by atoms with E-state index in [1.54, 1.807) is 12.3 Å². The number of fused-ring (bicyclic) bond motifs is 1. The largest absolute Gasteiger partial charge is 0.388 e. The first-order chi connectivity index (χ1) is 13.7. The van der Waals surface area contributed by atoms with E-state index >= 15 is 0 Å². The molecule has 0 spiro atoms. The van der Waals surface area contributed by atoms with Gasteiger partial charge in [-0.05, 0) is 18.1 Å². The quantitative estimate of drug-likeness (QED) is 0.468. The average molecular weight is 421 g/mol. The van der Waals surface area contributed by atoms with Gasteiger partial charge in [-0.15, -0.1) is 0 Å². The Morgan fingerprint density at radius 1 is 1.34 bits per heavy atom. The minimum atomic E-state index is -4.20. The predicted octanol–water partition coefficient (Wildman–Crippen LogP) is -0.392. The van der Waals surface area contributed by atoms with Crippen LogP contribution in [-0.2, 0) is 21.0 Å². The van der Waals surface area contributed by atoms with Crippen molar-refractivity contribution >= 4 is 22.1 Å². The van der Waals surface area contributed by atoms with Gasteiger partial charge in [-0.2, -0.15) is 13.4 Å². The number of aromatic nitrogens is 2. The minimum absolute atomic E-state index is 0.317. The van der Waals surface area contributed by atoms with E-state index in [-0.39, 0.29) is 0 Å². The molecule has 5 atom stereocenters. The normalized spacial score (nSPS) is 30.6. The minimum Gasteiger partial charge on any atom is -0.388 e. The summed E-state index contributed by atoms with van der Waals surface area (Å²) in [6.07, 6.45) is -0.324. The van der Waals surface area contributed by atoms with E-state index in [1.807, 2.05) is 42.3 Å². The van der Waals surface area contributed by atoms with Crippen LogP contribution >= 0.6 is 0 Å². The molecule has 4 rings (SSSR count). The van der Waals surface area contributed by atoms with Crippen molar-refractivity contribution in [2.24, 2.45) is 11.1 Å². The van der Waals surface area contributed by atoms with E-state index in [4.69, 9.17) is 5.14 Å².